The Bertz CT molecular complexity index is 577. The van der Waals surface area contributed by atoms with E-state index in [1.54, 1.807) is 0 Å². The largest absolute Gasteiger partial charge is 0.312 e. The number of hydrogen-bond donors (Lipinski definition) is 1. The number of nitrogens with zero attached hydrogens (tertiary/aromatic N) is 1. The van der Waals surface area contributed by atoms with Crippen molar-refractivity contribution in [3.05, 3.63) is 34.9 Å². The molecule has 0 aliphatic carbocycles. The van der Waals surface area contributed by atoms with Gasteiger partial charge in [0.1, 0.15) is 0 Å². The van der Waals surface area contributed by atoms with Crippen molar-refractivity contribution in [2.45, 2.75) is 25.8 Å². The summed E-state index contributed by atoms with van der Waals surface area (Å²) < 4.78 is 26.5. The molecule has 1 fully saturated rings. The van der Waals surface area contributed by atoms with Gasteiger partial charge < -0.3 is 5.32 Å². The van der Waals surface area contributed by atoms with Crippen LogP contribution in [0.15, 0.2) is 12.1 Å². The van der Waals surface area contributed by atoms with E-state index in [0.29, 0.717) is 5.92 Å². The van der Waals surface area contributed by atoms with E-state index >= 15 is 0 Å². The number of hydrogen-bond acceptors (Lipinski definition) is 3. The van der Waals surface area contributed by atoms with Gasteiger partial charge in [0.25, 0.3) is 11.8 Å². The zero-order valence-electron chi connectivity index (χ0n) is 11.7. The Balaban J connectivity index is 1.86. The molecule has 1 aromatic carbocycles. The summed E-state index contributed by atoms with van der Waals surface area (Å²) in [6.45, 7) is 3.15. The normalized spacial score (nSPS) is 25.4. The summed E-state index contributed by atoms with van der Waals surface area (Å²) in [7, 11) is 0. The summed E-state index contributed by atoms with van der Waals surface area (Å²) in [6.07, 6.45) is 2.10. The minimum Gasteiger partial charge on any atom is -0.312 e. The number of fused-ring (bicyclic) bond motifs is 1. The van der Waals surface area contributed by atoms with Crippen LogP contribution in [0.1, 0.15) is 40.5 Å². The minimum absolute atomic E-state index is 0.0238. The zero-order chi connectivity index (χ0) is 15.1. The number of piperidine rings is 1. The van der Waals surface area contributed by atoms with Crippen molar-refractivity contribution in [2.75, 3.05) is 13.1 Å². The van der Waals surface area contributed by atoms with E-state index < -0.39 is 23.4 Å². The molecule has 2 unspecified atom stereocenters. The first kappa shape index (κ1) is 14.1. The molecular formula is C15H16F2N2O2. The lowest BCUT2D eigenvalue weighted by Crippen LogP contribution is -2.49. The molecule has 2 amide bonds. The molecule has 0 bridgehead atoms. The van der Waals surface area contributed by atoms with Gasteiger partial charge in [-0.05, 0) is 37.4 Å². The monoisotopic (exact) mass is 294 g/mol. The van der Waals surface area contributed by atoms with Crippen LogP contribution in [0.2, 0.25) is 0 Å². The molecule has 4 nitrogen and oxygen atoms in total. The van der Waals surface area contributed by atoms with Gasteiger partial charge in [0.2, 0.25) is 0 Å². The van der Waals surface area contributed by atoms with E-state index in [9.17, 15) is 18.4 Å². The minimum atomic E-state index is -1.11. The van der Waals surface area contributed by atoms with Gasteiger partial charge in [-0.1, -0.05) is 6.92 Å². The first-order valence-electron chi connectivity index (χ1n) is 7.07. The van der Waals surface area contributed by atoms with E-state index in [1.165, 1.54) is 0 Å². The summed E-state index contributed by atoms with van der Waals surface area (Å²) in [5.74, 6) is -2.97. The second-order valence-electron chi connectivity index (χ2n) is 5.71. The lowest BCUT2D eigenvalue weighted by atomic mass is 9.92. The van der Waals surface area contributed by atoms with Gasteiger partial charge in [-0.15, -0.1) is 0 Å². The second-order valence-corrected chi connectivity index (χ2v) is 5.71. The van der Waals surface area contributed by atoms with Crippen LogP contribution in [-0.2, 0) is 0 Å². The number of carbonyl (C=O) groups excluding carboxylic acids is 2. The Labute approximate surface area is 121 Å². The maximum atomic E-state index is 13.3. The fourth-order valence-electron chi connectivity index (χ4n) is 3.00. The Morgan fingerprint density at radius 3 is 2.29 bits per heavy atom. The third kappa shape index (κ3) is 2.33. The Kier molecular flexibility index (Phi) is 3.49. The molecule has 0 spiro atoms. The maximum Gasteiger partial charge on any atom is 0.261 e. The van der Waals surface area contributed by atoms with Crippen molar-refractivity contribution < 1.29 is 18.4 Å². The van der Waals surface area contributed by atoms with Gasteiger partial charge >= 0.3 is 0 Å². The highest BCUT2D eigenvalue weighted by atomic mass is 19.2. The van der Waals surface area contributed by atoms with E-state index in [4.69, 9.17) is 0 Å². The second kappa shape index (κ2) is 5.18. The summed E-state index contributed by atoms with van der Waals surface area (Å²) in [5, 5.41) is 3.29. The number of benzene rings is 1. The molecule has 0 radical (unpaired) electrons. The Morgan fingerprint density at radius 1 is 1.19 bits per heavy atom. The van der Waals surface area contributed by atoms with Crippen LogP contribution >= 0.6 is 0 Å². The average molecular weight is 294 g/mol. The van der Waals surface area contributed by atoms with Gasteiger partial charge in [0, 0.05) is 12.6 Å². The fraction of sp³-hybridized carbons (Fsp3) is 0.467. The van der Waals surface area contributed by atoms with E-state index in [0.717, 1.165) is 36.4 Å². The molecule has 112 valence electrons. The van der Waals surface area contributed by atoms with Crippen LogP contribution in [0.5, 0.6) is 0 Å². The van der Waals surface area contributed by atoms with Gasteiger partial charge in [-0.3, -0.25) is 14.5 Å². The van der Waals surface area contributed by atoms with Crippen LogP contribution in [0.4, 0.5) is 8.78 Å². The van der Waals surface area contributed by atoms with Gasteiger partial charge in [-0.2, -0.15) is 0 Å². The number of carbonyl (C=O) groups is 2. The topological polar surface area (TPSA) is 49.4 Å². The maximum absolute atomic E-state index is 13.3. The quantitative estimate of drug-likeness (QED) is 0.848. The van der Waals surface area contributed by atoms with Crippen molar-refractivity contribution >= 4 is 11.8 Å². The highest BCUT2D eigenvalue weighted by Crippen LogP contribution is 2.27. The first-order valence-corrected chi connectivity index (χ1v) is 7.07. The van der Waals surface area contributed by atoms with E-state index in [1.807, 2.05) is 0 Å². The lowest BCUT2D eigenvalue weighted by Gasteiger charge is -2.32. The third-order valence-corrected chi connectivity index (χ3v) is 4.32. The van der Waals surface area contributed by atoms with Crippen molar-refractivity contribution in [3.63, 3.8) is 0 Å². The van der Waals surface area contributed by atoms with Crippen LogP contribution in [0.3, 0.4) is 0 Å². The van der Waals surface area contributed by atoms with Crippen molar-refractivity contribution in [2.24, 2.45) is 5.92 Å². The highest BCUT2D eigenvalue weighted by Gasteiger charge is 2.38. The summed E-state index contributed by atoms with van der Waals surface area (Å²) in [4.78, 5) is 25.6. The molecule has 2 aliphatic heterocycles. The van der Waals surface area contributed by atoms with Gasteiger partial charge in [0.05, 0.1) is 11.1 Å². The molecule has 2 atom stereocenters. The molecule has 1 saturated heterocycles. The molecule has 6 heteroatoms. The molecule has 2 heterocycles. The number of amides is 2. The Morgan fingerprint density at radius 2 is 1.76 bits per heavy atom. The summed E-state index contributed by atoms with van der Waals surface area (Å²) in [5.41, 5.74) is -0.107. The smallest absolute Gasteiger partial charge is 0.261 e. The first-order chi connectivity index (χ1) is 9.99. The molecule has 3 rings (SSSR count). The summed E-state index contributed by atoms with van der Waals surface area (Å²) >= 11 is 0. The van der Waals surface area contributed by atoms with Gasteiger partial charge in [0.15, 0.2) is 11.6 Å². The molecule has 0 aromatic heterocycles. The van der Waals surface area contributed by atoms with Crippen molar-refractivity contribution in [1.29, 1.82) is 0 Å². The Hall–Kier alpha value is -1.82. The lowest BCUT2D eigenvalue weighted by molar-refractivity contribution is 0.0618. The van der Waals surface area contributed by atoms with Crippen LogP contribution in [0, 0.1) is 17.6 Å². The predicted molar refractivity (Wildman–Crippen MR) is 71.9 cm³/mol. The van der Waals surface area contributed by atoms with Crippen molar-refractivity contribution in [3.8, 4) is 0 Å². The van der Waals surface area contributed by atoms with E-state index in [2.05, 4.69) is 12.2 Å². The molecule has 2 aliphatic rings. The molecule has 0 saturated carbocycles. The van der Waals surface area contributed by atoms with Crippen molar-refractivity contribution in [1.82, 2.24) is 10.2 Å². The third-order valence-electron chi connectivity index (χ3n) is 4.32. The molecular weight excluding hydrogens is 278 g/mol. The number of nitrogens with one attached hydrogen (secondary N) is 1. The standard InChI is InChI=1S/C15H16F2N2O2/c1-8-3-2-4-18-13(8)7-19-14(20)9-5-11(16)12(17)6-10(9)15(19)21/h5-6,8,13,18H,2-4,7H2,1H3. The molecule has 21 heavy (non-hydrogen) atoms. The van der Waals surface area contributed by atoms with Crippen LogP contribution in [-0.4, -0.2) is 35.8 Å². The predicted octanol–water partition coefficient (Wildman–Crippen LogP) is 1.95. The molecule has 1 N–H and O–H groups in total. The zero-order valence-corrected chi connectivity index (χ0v) is 11.7. The van der Waals surface area contributed by atoms with E-state index in [-0.39, 0.29) is 23.7 Å². The molecule has 1 aromatic rings. The summed E-state index contributed by atoms with van der Waals surface area (Å²) in [6, 6.07) is 1.64. The fourth-order valence-corrected chi connectivity index (χ4v) is 3.00. The van der Waals surface area contributed by atoms with Gasteiger partial charge in [-0.25, -0.2) is 8.78 Å². The average Bonchev–Trinajstić information content (AvgIpc) is 2.67. The number of imide groups is 1. The van der Waals surface area contributed by atoms with Crippen LogP contribution < -0.4 is 5.32 Å². The number of rotatable bonds is 2. The highest BCUT2D eigenvalue weighted by molar-refractivity contribution is 6.21. The van der Waals surface area contributed by atoms with Crippen LogP contribution in [0.25, 0.3) is 0 Å². The number of halogens is 2. The SMILES string of the molecule is CC1CCCNC1CN1C(=O)c2cc(F)c(F)cc2C1=O.